The fourth-order valence-electron chi connectivity index (χ4n) is 0.782. The first kappa shape index (κ1) is 10.5. The maximum absolute atomic E-state index is 11.3. The average Bonchev–Trinajstić information content (AvgIpc) is 2.51. The van der Waals surface area contributed by atoms with Crippen LogP contribution in [-0.4, -0.2) is 23.3 Å². The van der Waals surface area contributed by atoms with E-state index in [1.807, 2.05) is 0 Å². The summed E-state index contributed by atoms with van der Waals surface area (Å²) < 4.78 is 0. The van der Waals surface area contributed by atoms with Crippen LogP contribution in [0, 0.1) is 0 Å². The quantitative estimate of drug-likeness (QED) is 0.617. The number of aromatic nitrogens is 1. The molecule has 0 saturated heterocycles. The highest BCUT2D eigenvalue weighted by atomic mass is 32.1. The van der Waals surface area contributed by atoms with Crippen LogP contribution < -0.4 is 16.8 Å². The number of nitrogens with one attached hydrogen (secondary N) is 1. The molecule has 0 spiro atoms. The molecule has 7 heteroatoms. The Morgan fingerprint density at radius 3 is 2.79 bits per heavy atom. The van der Waals surface area contributed by atoms with Crippen molar-refractivity contribution >= 4 is 28.3 Å². The number of nitrogen functional groups attached to an aromatic ring is 1. The number of nitrogens with two attached hydrogens (primary N) is 2. The van der Waals surface area contributed by atoms with E-state index >= 15 is 0 Å². The lowest BCUT2D eigenvalue weighted by molar-refractivity contribution is -0.117. The van der Waals surface area contributed by atoms with Crippen LogP contribution in [0.25, 0.3) is 0 Å². The number of anilines is 1. The molecule has 0 radical (unpaired) electrons. The standard InChI is InChI=1S/C7H10N4O2S/c8-5(12)1-2-10-6(13)4-3-14-7(9)11-4/h3H,1-2H2,(H2,8,12)(H2,9,11)(H,10,13). The molecular formula is C7H10N4O2S. The van der Waals surface area contributed by atoms with Crippen LogP contribution in [-0.2, 0) is 4.79 Å². The Bertz CT molecular complexity index is 349. The number of rotatable bonds is 4. The molecule has 76 valence electrons. The zero-order chi connectivity index (χ0) is 10.6. The molecule has 0 atom stereocenters. The monoisotopic (exact) mass is 214 g/mol. The smallest absolute Gasteiger partial charge is 0.270 e. The summed E-state index contributed by atoms with van der Waals surface area (Å²) in [4.78, 5) is 25.4. The number of carbonyl (C=O) groups is 2. The van der Waals surface area contributed by atoms with Crippen molar-refractivity contribution in [2.24, 2.45) is 5.73 Å². The maximum atomic E-state index is 11.3. The van der Waals surface area contributed by atoms with Crippen molar-refractivity contribution in [3.05, 3.63) is 11.1 Å². The van der Waals surface area contributed by atoms with Gasteiger partial charge in [0.2, 0.25) is 5.91 Å². The van der Waals surface area contributed by atoms with Crippen molar-refractivity contribution in [2.75, 3.05) is 12.3 Å². The summed E-state index contributed by atoms with van der Waals surface area (Å²) >= 11 is 1.19. The predicted octanol–water partition coefficient (Wildman–Crippen LogP) is -0.670. The minimum atomic E-state index is -0.455. The summed E-state index contributed by atoms with van der Waals surface area (Å²) in [5.74, 6) is -0.803. The van der Waals surface area contributed by atoms with Crippen molar-refractivity contribution in [3.8, 4) is 0 Å². The summed E-state index contributed by atoms with van der Waals surface area (Å²) in [6, 6.07) is 0. The van der Waals surface area contributed by atoms with Gasteiger partial charge in [0.05, 0.1) is 0 Å². The molecule has 0 aliphatic heterocycles. The molecule has 0 aliphatic carbocycles. The van der Waals surface area contributed by atoms with Crippen molar-refractivity contribution in [3.63, 3.8) is 0 Å². The molecule has 6 nitrogen and oxygen atoms in total. The van der Waals surface area contributed by atoms with Gasteiger partial charge in [-0.1, -0.05) is 0 Å². The van der Waals surface area contributed by atoms with E-state index in [0.717, 1.165) is 0 Å². The van der Waals surface area contributed by atoms with Gasteiger partial charge in [0, 0.05) is 18.3 Å². The summed E-state index contributed by atoms with van der Waals surface area (Å²) in [6.07, 6.45) is 0.116. The Kier molecular flexibility index (Phi) is 3.41. The van der Waals surface area contributed by atoms with Crippen molar-refractivity contribution < 1.29 is 9.59 Å². The molecule has 1 rings (SSSR count). The molecule has 5 N–H and O–H groups in total. The third-order valence-electron chi connectivity index (χ3n) is 1.41. The van der Waals surface area contributed by atoms with E-state index in [1.165, 1.54) is 11.3 Å². The molecule has 0 saturated carbocycles. The maximum Gasteiger partial charge on any atom is 0.270 e. The average molecular weight is 214 g/mol. The Hall–Kier alpha value is -1.63. The summed E-state index contributed by atoms with van der Waals surface area (Å²) in [5, 5.41) is 4.38. The number of thiazole rings is 1. The van der Waals surface area contributed by atoms with Gasteiger partial charge >= 0.3 is 0 Å². The minimum Gasteiger partial charge on any atom is -0.375 e. The highest BCUT2D eigenvalue weighted by molar-refractivity contribution is 7.13. The molecule has 14 heavy (non-hydrogen) atoms. The Labute approximate surface area is 84.3 Å². The van der Waals surface area contributed by atoms with Gasteiger partial charge in [0.25, 0.3) is 5.91 Å². The van der Waals surface area contributed by atoms with Gasteiger partial charge in [-0.25, -0.2) is 4.98 Å². The second-order valence-corrected chi connectivity index (χ2v) is 3.43. The van der Waals surface area contributed by atoms with Crippen LogP contribution in [0.1, 0.15) is 16.9 Å². The van der Waals surface area contributed by atoms with Gasteiger partial charge in [0.15, 0.2) is 5.13 Å². The molecule has 1 aromatic heterocycles. The molecule has 0 aromatic carbocycles. The lowest BCUT2D eigenvalue weighted by atomic mass is 10.4. The van der Waals surface area contributed by atoms with E-state index in [-0.39, 0.29) is 24.6 Å². The molecule has 1 aromatic rings. The number of hydrogen-bond donors (Lipinski definition) is 3. The second-order valence-electron chi connectivity index (χ2n) is 2.54. The fraction of sp³-hybridized carbons (Fsp3) is 0.286. The molecule has 0 bridgehead atoms. The predicted molar refractivity (Wildman–Crippen MR) is 52.7 cm³/mol. The van der Waals surface area contributed by atoms with E-state index in [4.69, 9.17) is 11.5 Å². The lowest BCUT2D eigenvalue weighted by Gasteiger charge is -1.99. The SMILES string of the molecule is NC(=O)CCNC(=O)c1csc(N)n1. The Morgan fingerprint density at radius 1 is 1.57 bits per heavy atom. The highest BCUT2D eigenvalue weighted by Gasteiger charge is 2.08. The first-order valence-electron chi connectivity index (χ1n) is 3.87. The van der Waals surface area contributed by atoms with Crippen LogP contribution in [0.3, 0.4) is 0 Å². The van der Waals surface area contributed by atoms with Crippen molar-refractivity contribution in [1.82, 2.24) is 10.3 Å². The molecule has 0 unspecified atom stereocenters. The van der Waals surface area contributed by atoms with Gasteiger partial charge in [-0.15, -0.1) is 11.3 Å². The van der Waals surface area contributed by atoms with E-state index in [2.05, 4.69) is 10.3 Å². The number of carbonyl (C=O) groups excluding carboxylic acids is 2. The Balaban J connectivity index is 2.39. The van der Waals surface area contributed by atoms with Crippen LogP contribution in [0.15, 0.2) is 5.38 Å². The molecule has 0 fully saturated rings. The summed E-state index contributed by atoms with van der Waals surface area (Å²) in [7, 11) is 0. The third kappa shape index (κ3) is 3.02. The number of primary amides is 1. The lowest BCUT2D eigenvalue weighted by Crippen LogP contribution is -2.28. The van der Waals surface area contributed by atoms with Crippen LogP contribution in [0.5, 0.6) is 0 Å². The fourth-order valence-corrected chi connectivity index (χ4v) is 1.32. The highest BCUT2D eigenvalue weighted by Crippen LogP contribution is 2.10. The third-order valence-corrected chi connectivity index (χ3v) is 2.09. The zero-order valence-electron chi connectivity index (χ0n) is 7.32. The van der Waals surface area contributed by atoms with E-state index in [9.17, 15) is 9.59 Å². The molecule has 2 amide bonds. The molecule has 0 aliphatic rings. The first-order valence-corrected chi connectivity index (χ1v) is 4.75. The van der Waals surface area contributed by atoms with Crippen molar-refractivity contribution in [2.45, 2.75) is 6.42 Å². The van der Waals surface area contributed by atoms with E-state index < -0.39 is 5.91 Å². The largest absolute Gasteiger partial charge is 0.375 e. The van der Waals surface area contributed by atoms with E-state index in [1.54, 1.807) is 5.38 Å². The molecular weight excluding hydrogens is 204 g/mol. The van der Waals surface area contributed by atoms with Crippen molar-refractivity contribution in [1.29, 1.82) is 0 Å². The van der Waals surface area contributed by atoms with Gasteiger partial charge in [0.1, 0.15) is 5.69 Å². The topological polar surface area (TPSA) is 111 Å². The summed E-state index contributed by atoms with van der Waals surface area (Å²) in [5.41, 5.74) is 10.5. The number of amides is 2. The van der Waals surface area contributed by atoms with Gasteiger partial charge in [-0.2, -0.15) is 0 Å². The van der Waals surface area contributed by atoms with Crippen LogP contribution in [0.2, 0.25) is 0 Å². The summed E-state index contributed by atoms with van der Waals surface area (Å²) in [6.45, 7) is 0.214. The second kappa shape index (κ2) is 4.56. The molecule has 1 heterocycles. The van der Waals surface area contributed by atoms with Gasteiger partial charge in [-0.05, 0) is 0 Å². The zero-order valence-corrected chi connectivity index (χ0v) is 8.13. The van der Waals surface area contributed by atoms with Crippen LogP contribution in [0.4, 0.5) is 5.13 Å². The minimum absolute atomic E-state index is 0.116. The van der Waals surface area contributed by atoms with Gasteiger partial charge in [-0.3, -0.25) is 9.59 Å². The first-order chi connectivity index (χ1) is 6.59. The number of hydrogen-bond acceptors (Lipinski definition) is 5. The normalized spacial score (nSPS) is 9.71. The number of nitrogens with zero attached hydrogens (tertiary/aromatic N) is 1. The van der Waals surface area contributed by atoms with Gasteiger partial charge < -0.3 is 16.8 Å². The Morgan fingerprint density at radius 2 is 2.29 bits per heavy atom. The van der Waals surface area contributed by atoms with Crippen LogP contribution >= 0.6 is 11.3 Å². The van der Waals surface area contributed by atoms with E-state index in [0.29, 0.717) is 5.13 Å².